The molecule has 0 radical (unpaired) electrons. The van der Waals surface area contributed by atoms with Crippen molar-refractivity contribution < 1.29 is 19.1 Å². The second-order valence-corrected chi connectivity index (χ2v) is 3.48. The quantitative estimate of drug-likeness (QED) is 0.464. The van der Waals surface area contributed by atoms with Crippen LogP contribution in [0.3, 0.4) is 0 Å². The molecule has 1 rings (SSSR count). The predicted octanol–water partition coefficient (Wildman–Crippen LogP) is 2.18. The van der Waals surface area contributed by atoms with Gasteiger partial charge in [0, 0.05) is 6.92 Å². The molecule has 1 aromatic rings. The van der Waals surface area contributed by atoms with E-state index in [9.17, 15) is 9.59 Å². The Morgan fingerprint density at radius 3 is 2.33 bits per heavy atom. The Morgan fingerprint density at radius 2 is 1.89 bits per heavy atom. The first kappa shape index (κ1) is 13.7. The number of hydrogen-bond donors (Lipinski definition) is 0. The number of hydrogen-bond acceptors (Lipinski definition) is 4. The minimum atomic E-state index is -0.853. The first-order chi connectivity index (χ1) is 8.60. The van der Waals surface area contributed by atoms with Gasteiger partial charge in [0.2, 0.25) is 0 Å². The Hall–Kier alpha value is -2.32. The summed E-state index contributed by atoms with van der Waals surface area (Å²) in [5.41, 5.74) is 3.20. The molecule has 0 amide bonds. The van der Waals surface area contributed by atoms with Crippen molar-refractivity contribution in [2.75, 3.05) is 7.11 Å². The number of methoxy groups -OCH3 is 1. The zero-order valence-electron chi connectivity index (χ0n) is 10.3. The van der Waals surface area contributed by atoms with Crippen molar-refractivity contribution >= 4 is 11.9 Å². The molecule has 0 saturated carbocycles. The van der Waals surface area contributed by atoms with Gasteiger partial charge in [0.25, 0.3) is 0 Å². The van der Waals surface area contributed by atoms with E-state index in [0.29, 0.717) is 5.56 Å². The van der Waals surface area contributed by atoms with Crippen molar-refractivity contribution in [3.8, 4) is 0 Å². The van der Waals surface area contributed by atoms with Crippen molar-refractivity contribution in [3.63, 3.8) is 0 Å². The van der Waals surface area contributed by atoms with Gasteiger partial charge in [-0.05, 0) is 5.56 Å². The third-order valence-electron chi connectivity index (χ3n) is 2.24. The molecule has 0 aliphatic carbocycles. The lowest BCUT2D eigenvalue weighted by Gasteiger charge is -2.17. The van der Waals surface area contributed by atoms with Crippen LogP contribution < -0.4 is 0 Å². The summed E-state index contributed by atoms with van der Waals surface area (Å²) in [4.78, 5) is 22.7. The van der Waals surface area contributed by atoms with E-state index < -0.39 is 18.0 Å². The molecular formula is C14H14O4. The van der Waals surface area contributed by atoms with Crippen molar-refractivity contribution in [2.24, 2.45) is 0 Å². The lowest BCUT2D eigenvalue weighted by atomic mass is 10.0. The van der Waals surface area contributed by atoms with Crippen LogP contribution in [0.15, 0.2) is 48.2 Å². The Labute approximate surface area is 106 Å². The first-order valence-corrected chi connectivity index (χ1v) is 5.30. The summed E-state index contributed by atoms with van der Waals surface area (Å²) in [5, 5.41) is 0. The van der Waals surface area contributed by atoms with Gasteiger partial charge in [0.1, 0.15) is 5.57 Å². The normalized spacial score (nSPS) is 11.0. The molecule has 0 aliphatic rings. The van der Waals surface area contributed by atoms with Crippen molar-refractivity contribution in [1.29, 1.82) is 0 Å². The fraction of sp³-hybridized carbons (Fsp3) is 0.214. The molecule has 4 nitrogen and oxygen atoms in total. The molecule has 0 fully saturated rings. The summed E-state index contributed by atoms with van der Waals surface area (Å²) in [7, 11) is 1.25. The topological polar surface area (TPSA) is 52.6 Å². The van der Waals surface area contributed by atoms with E-state index in [2.05, 4.69) is 17.0 Å². The molecule has 0 N–H and O–H groups in total. The van der Waals surface area contributed by atoms with Gasteiger partial charge in [-0.3, -0.25) is 4.79 Å². The lowest BCUT2D eigenvalue weighted by molar-refractivity contribution is -0.147. The van der Waals surface area contributed by atoms with Crippen molar-refractivity contribution in [3.05, 3.63) is 53.8 Å². The molecule has 0 spiro atoms. The van der Waals surface area contributed by atoms with E-state index >= 15 is 0 Å². The van der Waals surface area contributed by atoms with Gasteiger partial charge in [-0.15, -0.1) is 5.73 Å². The molecular weight excluding hydrogens is 232 g/mol. The van der Waals surface area contributed by atoms with Crippen LogP contribution in [0, 0.1) is 0 Å². The zero-order chi connectivity index (χ0) is 13.5. The SMILES string of the molecule is C=C=C(C(=O)OC)C(OC(C)=O)c1ccccc1. The third-order valence-corrected chi connectivity index (χ3v) is 2.24. The minimum Gasteiger partial charge on any atom is -0.465 e. The Balaban J connectivity index is 3.17. The fourth-order valence-electron chi connectivity index (χ4n) is 1.47. The average molecular weight is 246 g/mol. The number of benzene rings is 1. The Bertz CT molecular complexity index is 484. The van der Waals surface area contributed by atoms with Crippen LogP contribution >= 0.6 is 0 Å². The molecule has 0 aromatic heterocycles. The number of rotatable bonds is 4. The van der Waals surface area contributed by atoms with E-state index in [1.807, 2.05) is 6.07 Å². The highest BCUT2D eigenvalue weighted by molar-refractivity contribution is 5.90. The monoisotopic (exact) mass is 246 g/mol. The average Bonchev–Trinajstić information content (AvgIpc) is 2.38. The van der Waals surface area contributed by atoms with Gasteiger partial charge < -0.3 is 9.47 Å². The maximum atomic E-state index is 11.6. The highest BCUT2D eigenvalue weighted by atomic mass is 16.6. The summed E-state index contributed by atoms with van der Waals surface area (Å²) < 4.78 is 9.75. The minimum absolute atomic E-state index is 0.0684. The molecule has 1 unspecified atom stereocenters. The smallest absolute Gasteiger partial charge is 0.345 e. The first-order valence-electron chi connectivity index (χ1n) is 5.30. The van der Waals surface area contributed by atoms with E-state index in [-0.39, 0.29) is 5.57 Å². The van der Waals surface area contributed by atoms with Crippen LogP contribution in [0.2, 0.25) is 0 Å². The maximum Gasteiger partial charge on any atom is 0.345 e. The highest BCUT2D eigenvalue weighted by Crippen LogP contribution is 2.26. The van der Waals surface area contributed by atoms with Gasteiger partial charge in [-0.2, -0.15) is 0 Å². The molecule has 18 heavy (non-hydrogen) atoms. The van der Waals surface area contributed by atoms with Gasteiger partial charge in [-0.1, -0.05) is 36.9 Å². The predicted molar refractivity (Wildman–Crippen MR) is 65.6 cm³/mol. The van der Waals surface area contributed by atoms with Gasteiger partial charge in [-0.25, -0.2) is 4.79 Å². The summed E-state index contributed by atoms with van der Waals surface area (Å²) in [6, 6.07) is 8.87. The Kier molecular flexibility index (Phi) is 4.90. The van der Waals surface area contributed by atoms with Gasteiger partial charge in [0.05, 0.1) is 7.11 Å². The van der Waals surface area contributed by atoms with E-state index in [4.69, 9.17) is 4.74 Å². The summed E-state index contributed by atoms with van der Waals surface area (Å²) >= 11 is 0. The standard InChI is InChI=1S/C14H14O4/c1-4-12(14(16)17-3)13(18-10(2)15)11-8-6-5-7-9-11/h5-9,13H,1H2,2-3H3. The zero-order valence-corrected chi connectivity index (χ0v) is 10.3. The van der Waals surface area contributed by atoms with Crippen LogP contribution in [0.1, 0.15) is 18.6 Å². The fourth-order valence-corrected chi connectivity index (χ4v) is 1.47. The second kappa shape index (κ2) is 6.42. The summed E-state index contributed by atoms with van der Waals surface area (Å²) in [6.07, 6.45) is -0.853. The maximum absolute atomic E-state index is 11.6. The molecule has 0 bridgehead atoms. The molecule has 0 heterocycles. The van der Waals surface area contributed by atoms with E-state index in [1.54, 1.807) is 24.3 Å². The number of carbonyl (C=O) groups is 2. The number of esters is 2. The largest absolute Gasteiger partial charge is 0.465 e. The van der Waals surface area contributed by atoms with Gasteiger partial charge >= 0.3 is 11.9 Å². The molecule has 1 atom stereocenters. The molecule has 4 heteroatoms. The summed E-state index contributed by atoms with van der Waals surface area (Å²) in [6.45, 7) is 4.70. The molecule has 0 saturated heterocycles. The lowest BCUT2D eigenvalue weighted by Crippen LogP contribution is -2.17. The van der Waals surface area contributed by atoms with Crippen molar-refractivity contribution in [2.45, 2.75) is 13.0 Å². The highest BCUT2D eigenvalue weighted by Gasteiger charge is 2.25. The van der Waals surface area contributed by atoms with Crippen LogP contribution in [-0.2, 0) is 19.1 Å². The van der Waals surface area contributed by atoms with E-state index in [1.165, 1.54) is 14.0 Å². The van der Waals surface area contributed by atoms with Crippen LogP contribution in [-0.4, -0.2) is 19.0 Å². The van der Waals surface area contributed by atoms with E-state index in [0.717, 1.165) is 0 Å². The second-order valence-electron chi connectivity index (χ2n) is 3.48. The number of ether oxygens (including phenoxy) is 2. The summed E-state index contributed by atoms with van der Waals surface area (Å²) in [5.74, 6) is -1.12. The molecule has 0 aliphatic heterocycles. The van der Waals surface area contributed by atoms with Crippen LogP contribution in [0.25, 0.3) is 0 Å². The molecule has 1 aromatic carbocycles. The van der Waals surface area contributed by atoms with Crippen molar-refractivity contribution in [1.82, 2.24) is 0 Å². The third kappa shape index (κ3) is 3.34. The van der Waals surface area contributed by atoms with Gasteiger partial charge in [0.15, 0.2) is 6.10 Å². The van der Waals surface area contributed by atoms with Crippen LogP contribution in [0.4, 0.5) is 0 Å². The molecule has 94 valence electrons. The number of carbonyl (C=O) groups excluding carboxylic acids is 2. The Morgan fingerprint density at radius 1 is 1.28 bits per heavy atom. The van der Waals surface area contributed by atoms with Crippen LogP contribution in [0.5, 0.6) is 0 Å².